The summed E-state index contributed by atoms with van der Waals surface area (Å²) in [5.41, 5.74) is 0.860. The highest BCUT2D eigenvalue weighted by atomic mass is 32.2. The van der Waals surface area contributed by atoms with Crippen molar-refractivity contribution in [3.8, 4) is 0 Å². The van der Waals surface area contributed by atoms with Crippen LogP contribution in [-0.4, -0.2) is 49.8 Å². The van der Waals surface area contributed by atoms with Crippen LogP contribution in [0.3, 0.4) is 0 Å². The normalized spacial score (nSPS) is 21.6. The molecule has 7 heteroatoms. The predicted molar refractivity (Wildman–Crippen MR) is 115 cm³/mol. The molecule has 1 saturated heterocycles. The molecule has 0 N–H and O–H groups in total. The molecule has 1 unspecified atom stereocenters. The molecule has 31 heavy (non-hydrogen) atoms. The van der Waals surface area contributed by atoms with Crippen molar-refractivity contribution in [2.45, 2.75) is 42.2 Å². The quantitative estimate of drug-likeness (QED) is 0.633. The maximum Gasteiger partial charge on any atom is 0.182 e. The van der Waals surface area contributed by atoms with E-state index in [1.165, 1.54) is 30.3 Å². The molecule has 2 aromatic rings. The molecular formula is C24H26FNO4S. The van der Waals surface area contributed by atoms with Gasteiger partial charge in [0.15, 0.2) is 21.4 Å². The van der Waals surface area contributed by atoms with E-state index >= 15 is 0 Å². The van der Waals surface area contributed by atoms with Gasteiger partial charge in [0.05, 0.1) is 10.1 Å². The lowest BCUT2D eigenvalue weighted by atomic mass is 9.89. The lowest BCUT2D eigenvalue weighted by molar-refractivity contribution is 0.0839. The van der Waals surface area contributed by atoms with Crippen molar-refractivity contribution in [1.29, 1.82) is 0 Å². The number of nitrogens with zero attached hydrogens (tertiary/aromatic N) is 1. The number of sulfone groups is 1. The maximum absolute atomic E-state index is 13.1. The molecule has 1 atom stereocenters. The van der Waals surface area contributed by atoms with Crippen LogP contribution in [0.15, 0.2) is 53.4 Å². The average Bonchev–Trinajstić information content (AvgIpc) is 2.78. The number of fused-ring (bicyclic) bond motifs is 1. The highest BCUT2D eigenvalue weighted by Gasteiger charge is 2.37. The standard InChI is InChI=1S/C24H26FNO4S/c25-19-9-7-17(8-10-19)24(28)18-11-14-26(15-12-18)13-3-4-20-16-22(27)21-5-1-2-6-23(21)31(20,29)30/h1-2,5-10,18,20H,3-4,11-16H2. The molecule has 0 saturated carbocycles. The first-order chi connectivity index (χ1) is 14.9. The fourth-order valence-corrected chi connectivity index (χ4v) is 6.58. The second-order valence-corrected chi connectivity index (χ2v) is 10.6. The Morgan fingerprint density at radius 3 is 2.42 bits per heavy atom. The van der Waals surface area contributed by atoms with Crippen molar-refractivity contribution in [2.75, 3.05) is 19.6 Å². The number of likely N-dealkylation sites (tertiary alicyclic amines) is 1. The Morgan fingerprint density at radius 1 is 1.03 bits per heavy atom. The molecule has 1 fully saturated rings. The second-order valence-electron chi connectivity index (χ2n) is 8.42. The fraction of sp³-hybridized carbons (Fsp3) is 0.417. The van der Waals surface area contributed by atoms with Crippen molar-refractivity contribution < 1.29 is 22.4 Å². The summed E-state index contributed by atoms with van der Waals surface area (Å²) >= 11 is 0. The zero-order valence-electron chi connectivity index (χ0n) is 17.3. The molecule has 0 radical (unpaired) electrons. The third-order valence-corrected chi connectivity index (χ3v) is 8.68. The van der Waals surface area contributed by atoms with Gasteiger partial charge < -0.3 is 4.90 Å². The van der Waals surface area contributed by atoms with Crippen LogP contribution in [0.5, 0.6) is 0 Å². The summed E-state index contributed by atoms with van der Waals surface area (Å²) in [5.74, 6) is -0.452. The molecule has 0 aromatic heterocycles. The Hall–Kier alpha value is -2.38. The zero-order chi connectivity index (χ0) is 22.0. The van der Waals surface area contributed by atoms with Crippen LogP contribution >= 0.6 is 0 Å². The SMILES string of the molecule is O=C1CC(CCCN2CCC(C(=O)c3ccc(F)cc3)CC2)S(=O)(=O)c2ccccc21. The van der Waals surface area contributed by atoms with Crippen LogP contribution < -0.4 is 0 Å². The molecule has 164 valence electrons. The highest BCUT2D eigenvalue weighted by molar-refractivity contribution is 7.92. The smallest absolute Gasteiger partial charge is 0.182 e. The van der Waals surface area contributed by atoms with Gasteiger partial charge in [-0.25, -0.2) is 12.8 Å². The second kappa shape index (κ2) is 9.01. The molecule has 4 rings (SSSR count). The van der Waals surface area contributed by atoms with E-state index in [0.29, 0.717) is 24.0 Å². The first-order valence-electron chi connectivity index (χ1n) is 10.7. The molecule has 0 spiro atoms. The van der Waals surface area contributed by atoms with Gasteiger partial charge in [-0.15, -0.1) is 0 Å². The van der Waals surface area contributed by atoms with Gasteiger partial charge >= 0.3 is 0 Å². The third-order valence-electron chi connectivity index (χ3n) is 6.43. The molecule has 0 amide bonds. The summed E-state index contributed by atoms with van der Waals surface area (Å²) in [6.07, 6.45) is 2.67. The fourth-order valence-electron chi connectivity index (χ4n) is 4.62. The lowest BCUT2D eigenvalue weighted by Crippen LogP contribution is -2.37. The summed E-state index contributed by atoms with van der Waals surface area (Å²) in [7, 11) is -3.48. The summed E-state index contributed by atoms with van der Waals surface area (Å²) in [6, 6.07) is 12.2. The van der Waals surface area contributed by atoms with Gasteiger partial charge in [0.25, 0.3) is 0 Å². The lowest BCUT2D eigenvalue weighted by Gasteiger charge is -2.32. The number of ketones is 2. The van der Waals surface area contributed by atoms with E-state index in [-0.39, 0.29) is 34.6 Å². The van der Waals surface area contributed by atoms with Gasteiger partial charge in [-0.3, -0.25) is 9.59 Å². The van der Waals surface area contributed by atoms with Crippen LogP contribution in [0.2, 0.25) is 0 Å². The van der Waals surface area contributed by atoms with E-state index < -0.39 is 15.1 Å². The number of rotatable bonds is 6. The van der Waals surface area contributed by atoms with Crippen molar-refractivity contribution in [3.63, 3.8) is 0 Å². The summed E-state index contributed by atoms with van der Waals surface area (Å²) < 4.78 is 38.8. The van der Waals surface area contributed by atoms with E-state index in [0.717, 1.165) is 32.5 Å². The number of carbonyl (C=O) groups excluding carboxylic acids is 2. The highest BCUT2D eigenvalue weighted by Crippen LogP contribution is 2.32. The maximum atomic E-state index is 13.1. The van der Waals surface area contributed by atoms with E-state index in [2.05, 4.69) is 4.90 Å². The molecule has 0 bridgehead atoms. The van der Waals surface area contributed by atoms with Crippen LogP contribution in [0.4, 0.5) is 4.39 Å². The Kier molecular flexibility index (Phi) is 6.34. The molecule has 2 aromatic carbocycles. The number of benzene rings is 2. The van der Waals surface area contributed by atoms with Gasteiger partial charge in [0, 0.05) is 23.5 Å². The van der Waals surface area contributed by atoms with E-state index in [4.69, 9.17) is 0 Å². The summed E-state index contributed by atoms with van der Waals surface area (Å²) in [6.45, 7) is 2.30. The third kappa shape index (κ3) is 4.62. The molecule has 5 nitrogen and oxygen atoms in total. The zero-order valence-corrected chi connectivity index (χ0v) is 18.1. The van der Waals surface area contributed by atoms with Gasteiger partial charge in [-0.05, 0) is 75.6 Å². The van der Waals surface area contributed by atoms with Gasteiger partial charge in [0.2, 0.25) is 0 Å². The van der Waals surface area contributed by atoms with Crippen molar-refractivity contribution >= 4 is 21.4 Å². The Labute approximate surface area is 182 Å². The van der Waals surface area contributed by atoms with Crippen molar-refractivity contribution in [1.82, 2.24) is 4.90 Å². The molecular weight excluding hydrogens is 417 g/mol. The van der Waals surface area contributed by atoms with E-state index in [9.17, 15) is 22.4 Å². The summed E-state index contributed by atoms with van der Waals surface area (Å²) in [5, 5.41) is -0.660. The van der Waals surface area contributed by atoms with Crippen LogP contribution in [0, 0.1) is 11.7 Å². The number of hydrogen-bond donors (Lipinski definition) is 0. The monoisotopic (exact) mass is 443 g/mol. The average molecular weight is 444 g/mol. The number of piperidine rings is 1. The van der Waals surface area contributed by atoms with Crippen molar-refractivity contribution in [2.24, 2.45) is 5.92 Å². The van der Waals surface area contributed by atoms with Crippen LogP contribution in [0.25, 0.3) is 0 Å². The van der Waals surface area contributed by atoms with Crippen molar-refractivity contribution in [3.05, 3.63) is 65.5 Å². The van der Waals surface area contributed by atoms with Crippen LogP contribution in [-0.2, 0) is 9.84 Å². The number of hydrogen-bond acceptors (Lipinski definition) is 5. The van der Waals surface area contributed by atoms with Gasteiger partial charge in [-0.2, -0.15) is 0 Å². The Bertz CT molecular complexity index is 1070. The van der Waals surface area contributed by atoms with Gasteiger partial charge in [0.1, 0.15) is 5.82 Å². The van der Waals surface area contributed by atoms with Gasteiger partial charge in [-0.1, -0.05) is 18.2 Å². The first kappa shape index (κ1) is 21.8. The minimum Gasteiger partial charge on any atom is -0.303 e. The number of carbonyl (C=O) groups is 2. The molecule has 2 aliphatic heterocycles. The minimum atomic E-state index is -3.48. The Morgan fingerprint density at radius 2 is 1.71 bits per heavy atom. The molecule has 0 aliphatic carbocycles. The first-order valence-corrected chi connectivity index (χ1v) is 12.3. The summed E-state index contributed by atoms with van der Waals surface area (Å²) in [4.78, 5) is 27.4. The number of halogens is 1. The largest absolute Gasteiger partial charge is 0.303 e. The molecule has 2 aliphatic rings. The number of Topliss-reactive ketones (excluding diaryl/α,β-unsaturated/α-hetero) is 2. The topological polar surface area (TPSA) is 71.5 Å². The molecule has 2 heterocycles. The predicted octanol–water partition coefficient (Wildman–Crippen LogP) is 3.93. The Balaban J connectivity index is 1.27. The van der Waals surface area contributed by atoms with E-state index in [1.54, 1.807) is 18.2 Å². The van der Waals surface area contributed by atoms with E-state index in [1.807, 2.05) is 0 Å². The van der Waals surface area contributed by atoms with Crippen LogP contribution in [0.1, 0.15) is 52.8 Å². The minimum absolute atomic E-state index is 0.0492.